The second-order valence-electron chi connectivity index (χ2n) is 10.2. The molecule has 6 rings (SSSR count). The number of hydrogen-bond acceptors (Lipinski definition) is 10. The largest absolute Gasteiger partial charge is 0.333 e. The van der Waals surface area contributed by atoms with Crippen LogP contribution >= 0.6 is 11.6 Å². The monoisotopic (exact) mass is 654 g/mol. The number of nitrogens with zero attached hydrogens (tertiary/aromatic N) is 8. The van der Waals surface area contributed by atoms with Gasteiger partial charge in [-0.15, -0.1) is 5.10 Å². The molecule has 45 heavy (non-hydrogen) atoms. The third-order valence-corrected chi connectivity index (χ3v) is 9.18. The topological polar surface area (TPSA) is 151 Å². The number of benzene rings is 2. The van der Waals surface area contributed by atoms with Gasteiger partial charge in [-0.3, -0.25) is 9.52 Å². The summed E-state index contributed by atoms with van der Waals surface area (Å²) in [7, 11) is -2.30. The molecule has 0 aliphatic carbocycles. The van der Waals surface area contributed by atoms with Crippen molar-refractivity contribution in [3.63, 3.8) is 0 Å². The Morgan fingerprint density at radius 3 is 2.56 bits per heavy atom. The van der Waals surface area contributed by atoms with Crippen LogP contribution < -0.4 is 10.0 Å². The first-order valence-electron chi connectivity index (χ1n) is 13.6. The normalized spacial score (nSPS) is 14.1. The zero-order valence-corrected chi connectivity index (χ0v) is 25.4. The molecule has 1 fully saturated rings. The predicted molar refractivity (Wildman–Crippen MR) is 162 cm³/mol. The molecule has 1 aliphatic rings. The Balaban J connectivity index is 1.30. The van der Waals surface area contributed by atoms with Crippen LogP contribution in [0.25, 0.3) is 16.9 Å². The van der Waals surface area contributed by atoms with Crippen LogP contribution in [0.15, 0.2) is 60.0 Å². The summed E-state index contributed by atoms with van der Waals surface area (Å²) in [5.41, 5.74) is -0.461. The summed E-state index contributed by atoms with van der Waals surface area (Å²) < 4.78 is 60.2. The molecular weight excluding hydrogens is 630 g/mol. The van der Waals surface area contributed by atoms with Crippen LogP contribution in [0, 0.1) is 18.6 Å². The van der Waals surface area contributed by atoms with Crippen molar-refractivity contribution in [1.82, 2.24) is 39.5 Å². The molecule has 5 aromatic rings. The van der Waals surface area contributed by atoms with E-state index in [4.69, 9.17) is 11.6 Å². The fraction of sp³-hybridized carbons (Fsp3) is 0.214. The first-order valence-corrected chi connectivity index (χ1v) is 15.4. The first kappa shape index (κ1) is 30.2. The van der Waals surface area contributed by atoms with Crippen LogP contribution in [-0.4, -0.2) is 87.1 Å². The minimum atomic E-state index is -4.28. The molecule has 0 spiro atoms. The number of sulfonamides is 1. The van der Waals surface area contributed by atoms with E-state index in [-0.39, 0.29) is 44.4 Å². The number of anilines is 3. The van der Waals surface area contributed by atoms with Gasteiger partial charge in [0.1, 0.15) is 29.7 Å². The number of fused-ring (bicyclic) bond motifs is 1. The van der Waals surface area contributed by atoms with Crippen LogP contribution in [0.5, 0.6) is 0 Å². The van der Waals surface area contributed by atoms with Gasteiger partial charge < -0.3 is 15.1 Å². The third-order valence-electron chi connectivity index (χ3n) is 7.26. The van der Waals surface area contributed by atoms with Gasteiger partial charge in [0.25, 0.3) is 15.9 Å². The van der Waals surface area contributed by atoms with Crippen molar-refractivity contribution >= 4 is 55.8 Å². The van der Waals surface area contributed by atoms with Crippen molar-refractivity contribution in [3.8, 4) is 5.82 Å². The second kappa shape index (κ2) is 11.9. The van der Waals surface area contributed by atoms with Gasteiger partial charge >= 0.3 is 0 Å². The quantitative estimate of drug-likeness (QED) is 0.265. The third kappa shape index (κ3) is 5.99. The standard InChI is InChI=1S/C28H25ClF2N10O3S/c1-16-17(29)4-3-5-21(16)45(43,44)38-19-7-6-18(30)24(23(19)31)36-26-25-20(32-14-33-26)8-9-22(35-25)41-15-34-27(37-41)28(42)40-12-10-39(2)11-13-40/h3-9,14-15,38H,10-13H2,1-2H3,(H,32,33,36). The fourth-order valence-corrected chi connectivity index (χ4v) is 6.27. The van der Waals surface area contributed by atoms with Crippen LogP contribution in [0.1, 0.15) is 16.2 Å². The zero-order valence-electron chi connectivity index (χ0n) is 23.9. The van der Waals surface area contributed by atoms with Crippen LogP contribution in [0.2, 0.25) is 5.02 Å². The van der Waals surface area contributed by atoms with Gasteiger partial charge in [0.05, 0.1) is 16.1 Å². The Morgan fingerprint density at radius 2 is 1.78 bits per heavy atom. The molecule has 17 heteroatoms. The van der Waals surface area contributed by atoms with Gasteiger partial charge in [0.2, 0.25) is 5.82 Å². The number of hydrogen-bond donors (Lipinski definition) is 2. The maximum absolute atomic E-state index is 15.7. The summed E-state index contributed by atoms with van der Waals surface area (Å²) >= 11 is 6.07. The smallest absolute Gasteiger partial charge is 0.293 e. The Labute approximate surface area is 260 Å². The Hall–Kier alpha value is -4.80. The number of rotatable bonds is 7. The van der Waals surface area contributed by atoms with Gasteiger partial charge in [-0.1, -0.05) is 17.7 Å². The number of pyridine rings is 1. The zero-order chi connectivity index (χ0) is 31.9. The molecule has 0 saturated carbocycles. The van der Waals surface area contributed by atoms with Crippen molar-refractivity contribution < 1.29 is 22.0 Å². The molecule has 2 aromatic carbocycles. The number of piperazine rings is 1. The molecule has 3 aromatic heterocycles. The molecule has 232 valence electrons. The van der Waals surface area contributed by atoms with E-state index in [1.807, 2.05) is 7.05 Å². The Bertz CT molecular complexity index is 2050. The van der Waals surface area contributed by atoms with Crippen molar-refractivity contribution in [1.29, 1.82) is 0 Å². The summed E-state index contributed by atoms with van der Waals surface area (Å²) in [5, 5.41) is 7.09. The van der Waals surface area contributed by atoms with Crippen molar-refractivity contribution in [2.45, 2.75) is 11.8 Å². The molecule has 4 heterocycles. The SMILES string of the molecule is Cc1c(Cl)cccc1S(=O)(=O)Nc1ccc(F)c(Nc2ncnc3ccc(-n4cnc(C(=O)N5CCN(C)CC5)n4)nc23)c1F. The van der Waals surface area contributed by atoms with Gasteiger partial charge in [-0.25, -0.2) is 41.8 Å². The maximum atomic E-state index is 15.7. The Kier molecular flexibility index (Phi) is 8.03. The van der Waals surface area contributed by atoms with E-state index in [1.165, 1.54) is 42.5 Å². The molecule has 0 atom stereocenters. The summed E-state index contributed by atoms with van der Waals surface area (Å²) in [6.45, 7) is 4.11. The van der Waals surface area contributed by atoms with Gasteiger partial charge in [-0.05, 0) is 55.9 Å². The van der Waals surface area contributed by atoms with Crippen molar-refractivity contribution in [2.24, 2.45) is 0 Å². The van der Waals surface area contributed by atoms with Crippen molar-refractivity contribution in [3.05, 3.63) is 83.2 Å². The molecule has 2 N–H and O–H groups in total. The lowest BCUT2D eigenvalue weighted by molar-refractivity contribution is 0.0652. The first-order chi connectivity index (χ1) is 21.5. The van der Waals surface area contributed by atoms with Crippen LogP contribution in [0.3, 0.4) is 0 Å². The lowest BCUT2D eigenvalue weighted by Crippen LogP contribution is -2.47. The van der Waals surface area contributed by atoms with E-state index in [9.17, 15) is 17.6 Å². The molecule has 13 nitrogen and oxygen atoms in total. The average molecular weight is 655 g/mol. The number of aromatic nitrogens is 6. The lowest BCUT2D eigenvalue weighted by Gasteiger charge is -2.31. The molecule has 1 amide bonds. The average Bonchev–Trinajstić information content (AvgIpc) is 3.52. The Morgan fingerprint density at radius 1 is 1.00 bits per heavy atom. The maximum Gasteiger partial charge on any atom is 0.293 e. The summed E-state index contributed by atoms with van der Waals surface area (Å²) in [6.07, 6.45) is 2.52. The highest BCUT2D eigenvalue weighted by Gasteiger charge is 2.25. The molecule has 0 unspecified atom stereocenters. The molecule has 1 saturated heterocycles. The van der Waals surface area contributed by atoms with E-state index in [0.717, 1.165) is 25.2 Å². The molecular formula is C28H25ClF2N10O3S. The lowest BCUT2D eigenvalue weighted by atomic mass is 10.2. The minimum Gasteiger partial charge on any atom is -0.333 e. The number of nitrogens with one attached hydrogen (secondary N) is 2. The summed E-state index contributed by atoms with van der Waals surface area (Å²) in [5.74, 6) is -2.37. The van der Waals surface area contributed by atoms with Crippen LogP contribution in [0.4, 0.5) is 26.0 Å². The number of likely N-dealkylation sites (N-methyl/N-ethyl adjacent to an activating group) is 1. The predicted octanol–water partition coefficient (Wildman–Crippen LogP) is 3.78. The van der Waals surface area contributed by atoms with Gasteiger partial charge in [-0.2, -0.15) is 0 Å². The van der Waals surface area contributed by atoms with E-state index < -0.39 is 33.0 Å². The number of carbonyl (C=O) groups is 1. The summed E-state index contributed by atoms with van der Waals surface area (Å²) in [6, 6.07) is 9.35. The van der Waals surface area contributed by atoms with E-state index in [0.29, 0.717) is 18.6 Å². The summed E-state index contributed by atoms with van der Waals surface area (Å²) in [4.78, 5) is 33.5. The van der Waals surface area contributed by atoms with E-state index in [2.05, 4.69) is 40.0 Å². The highest BCUT2D eigenvalue weighted by Crippen LogP contribution is 2.32. The van der Waals surface area contributed by atoms with Crippen LogP contribution in [-0.2, 0) is 10.0 Å². The highest BCUT2D eigenvalue weighted by atomic mass is 35.5. The van der Waals surface area contributed by atoms with Gasteiger partial charge in [0, 0.05) is 31.2 Å². The van der Waals surface area contributed by atoms with E-state index in [1.54, 1.807) is 17.0 Å². The van der Waals surface area contributed by atoms with Gasteiger partial charge in [0.15, 0.2) is 17.5 Å². The number of amides is 1. The minimum absolute atomic E-state index is 0.000451. The van der Waals surface area contributed by atoms with Crippen molar-refractivity contribution in [2.75, 3.05) is 43.3 Å². The van der Waals surface area contributed by atoms with E-state index >= 15 is 4.39 Å². The fourth-order valence-electron chi connectivity index (χ4n) is 4.71. The molecule has 0 bridgehead atoms. The molecule has 0 radical (unpaired) electrons. The molecule has 1 aliphatic heterocycles. The number of halogens is 3. The number of carbonyl (C=O) groups excluding carboxylic acids is 1. The highest BCUT2D eigenvalue weighted by molar-refractivity contribution is 7.92. The second-order valence-corrected chi connectivity index (χ2v) is 12.3.